The number of halogens is 1. The second-order valence-corrected chi connectivity index (χ2v) is 4.48. The summed E-state index contributed by atoms with van der Waals surface area (Å²) in [6.45, 7) is 3.84. The minimum Gasteiger partial charge on any atom is -0.312 e. The molecule has 2 aromatic rings. The molecule has 0 saturated heterocycles. The first kappa shape index (κ1) is 12.8. The summed E-state index contributed by atoms with van der Waals surface area (Å²) in [4.78, 5) is 0. The van der Waals surface area contributed by atoms with Crippen LogP contribution in [0.3, 0.4) is 0 Å². The third-order valence-corrected chi connectivity index (χ3v) is 3.06. The van der Waals surface area contributed by atoms with E-state index in [1.165, 1.54) is 17.2 Å². The van der Waals surface area contributed by atoms with E-state index in [0.29, 0.717) is 0 Å². The molecule has 0 amide bonds. The van der Waals surface area contributed by atoms with Gasteiger partial charge in [-0.15, -0.1) is 0 Å². The van der Waals surface area contributed by atoms with Gasteiger partial charge in [-0.25, -0.2) is 4.39 Å². The first-order valence-electron chi connectivity index (χ1n) is 6.25. The molecule has 1 N–H and O–H groups in total. The summed E-state index contributed by atoms with van der Waals surface area (Å²) in [6.07, 6.45) is 0.851. The van der Waals surface area contributed by atoms with Crippen LogP contribution >= 0.6 is 0 Å². The molecule has 0 atom stereocenters. The summed E-state index contributed by atoms with van der Waals surface area (Å²) in [5.41, 5.74) is 3.65. The normalized spacial score (nSPS) is 10.6. The fourth-order valence-corrected chi connectivity index (χ4v) is 1.96. The molecule has 0 aliphatic heterocycles. The van der Waals surface area contributed by atoms with Crippen molar-refractivity contribution in [1.82, 2.24) is 5.32 Å². The predicted molar refractivity (Wildman–Crippen MR) is 73.0 cm³/mol. The standard InChI is InChI=1S/C16H18FN/c1-13-5-2-3-7-15(13)12-18-10-9-14-6-4-8-16(17)11-14/h2-8,11,18H,9-10,12H2,1H3. The average Bonchev–Trinajstić information content (AvgIpc) is 2.37. The van der Waals surface area contributed by atoms with Gasteiger partial charge < -0.3 is 5.32 Å². The van der Waals surface area contributed by atoms with Crippen LogP contribution in [-0.2, 0) is 13.0 Å². The monoisotopic (exact) mass is 243 g/mol. The number of nitrogens with one attached hydrogen (secondary N) is 1. The molecule has 94 valence electrons. The molecule has 2 heteroatoms. The molecule has 0 aromatic heterocycles. The summed E-state index contributed by atoms with van der Waals surface area (Å²) in [5.74, 6) is -0.161. The molecule has 1 nitrogen and oxygen atoms in total. The van der Waals surface area contributed by atoms with Crippen molar-refractivity contribution in [3.8, 4) is 0 Å². The van der Waals surface area contributed by atoms with E-state index in [-0.39, 0.29) is 5.82 Å². The number of hydrogen-bond donors (Lipinski definition) is 1. The largest absolute Gasteiger partial charge is 0.312 e. The molecule has 0 fully saturated rings. The maximum absolute atomic E-state index is 13.0. The summed E-state index contributed by atoms with van der Waals surface area (Å²) < 4.78 is 13.0. The molecule has 0 radical (unpaired) electrons. The van der Waals surface area contributed by atoms with E-state index in [0.717, 1.165) is 25.1 Å². The Morgan fingerprint density at radius 1 is 1.06 bits per heavy atom. The van der Waals surface area contributed by atoms with Gasteiger partial charge in [0, 0.05) is 6.54 Å². The molecule has 0 heterocycles. The van der Waals surface area contributed by atoms with E-state index in [9.17, 15) is 4.39 Å². The zero-order chi connectivity index (χ0) is 12.8. The topological polar surface area (TPSA) is 12.0 Å². The Morgan fingerprint density at radius 2 is 1.89 bits per heavy atom. The minimum atomic E-state index is -0.161. The smallest absolute Gasteiger partial charge is 0.123 e. The fourth-order valence-electron chi connectivity index (χ4n) is 1.96. The molecular formula is C16H18FN. The molecule has 2 aromatic carbocycles. The lowest BCUT2D eigenvalue weighted by Crippen LogP contribution is -2.17. The van der Waals surface area contributed by atoms with Crippen molar-refractivity contribution in [2.45, 2.75) is 19.9 Å². The quantitative estimate of drug-likeness (QED) is 0.793. The Labute approximate surface area is 108 Å². The molecule has 0 aliphatic rings. The SMILES string of the molecule is Cc1ccccc1CNCCc1cccc(F)c1. The van der Waals surface area contributed by atoms with Crippen LogP contribution < -0.4 is 5.32 Å². The van der Waals surface area contributed by atoms with E-state index in [1.807, 2.05) is 12.1 Å². The molecule has 0 unspecified atom stereocenters. The van der Waals surface area contributed by atoms with Crippen LogP contribution in [0.5, 0.6) is 0 Å². The van der Waals surface area contributed by atoms with Crippen molar-refractivity contribution in [2.75, 3.05) is 6.54 Å². The average molecular weight is 243 g/mol. The van der Waals surface area contributed by atoms with Crippen molar-refractivity contribution < 1.29 is 4.39 Å². The minimum absolute atomic E-state index is 0.161. The highest BCUT2D eigenvalue weighted by atomic mass is 19.1. The van der Waals surface area contributed by atoms with Gasteiger partial charge in [0.2, 0.25) is 0 Å². The summed E-state index contributed by atoms with van der Waals surface area (Å²) in [5, 5.41) is 3.39. The Hall–Kier alpha value is -1.67. The van der Waals surface area contributed by atoms with Gasteiger partial charge in [-0.2, -0.15) is 0 Å². The highest BCUT2D eigenvalue weighted by molar-refractivity contribution is 5.25. The molecule has 18 heavy (non-hydrogen) atoms. The Morgan fingerprint density at radius 3 is 2.67 bits per heavy atom. The van der Waals surface area contributed by atoms with Crippen molar-refractivity contribution in [3.63, 3.8) is 0 Å². The predicted octanol–water partition coefficient (Wildman–Crippen LogP) is 3.47. The summed E-state index contributed by atoms with van der Waals surface area (Å²) in [7, 11) is 0. The lowest BCUT2D eigenvalue weighted by atomic mass is 10.1. The van der Waals surface area contributed by atoms with Crippen LogP contribution in [0.4, 0.5) is 4.39 Å². The van der Waals surface area contributed by atoms with Gasteiger partial charge in [-0.1, -0.05) is 36.4 Å². The van der Waals surface area contributed by atoms with Crippen LogP contribution in [0.2, 0.25) is 0 Å². The molecular weight excluding hydrogens is 225 g/mol. The molecule has 2 rings (SSSR count). The zero-order valence-corrected chi connectivity index (χ0v) is 10.6. The molecule has 0 aliphatic carbocycles. The maximum Gasteiger partial charge on any atom is 0.123 e. The van der Waals surface area contributed by atoms with E-state index in [4.69, 9.17) is 0 Å². The van der Waals surface area contributed by atoms with Crippen LogP contribution in [0.15, 0.2) is 48.5 Å². The van der Waals surface area contributed by atoms with Crippen LogP contribution in [0.25, 0.3) is 0 Å². The van der Waals surface area contributed by atoms with Crippen molar-refractivity contribution in [2.24, 2.45) is 0 Å². The van der Waals surface area contributed by atoms with Gasteiger partial charge in [0.05, 0.1) is 0 Å². The van der Waals surface area contributed by atoms with Gasteiger partial charge in [0.1, 0.15) is 5.82 Å². The first-order chi connectivity index (χ1) is 8.75. The van der Waals surface area contributed by atoms with E-state index < -0.39 is 0 Å². The summed E-state index contributed by atoms with van der Waals surface area (Å²) >= 11 is 0. The fraction of sp³-hybridized carbons (Fsp3) is 0.250. The Kier molecular flexibility index (Phi) is 4.48. The van der Waals surface area contributed by atoms with Crippen LogP contribution in [0, 0.1) is 12.7 Å². The van der Waals surface area contributed by atoms with Gasteiger partial charge in [-0.3, -0.25) is 0 Å². The Balaban J connectivity index is 1.78. The van der Waals surface area contributed by atoms with Crippen molar-refractivity contribution in [1.29, 1.82) is 0 Å². The number of rotatable bonds is 5. The van der Waals surface area contributed by atoms with Crippen molar-refractivity contribution in [3.05, 3.63) is 71.0 Å². The van der Waals surface area contributed by atoms with Gasteiger partial charge in [-0.05, 0) is 48.7 Å². The number of benzene rings is 2. The third-order valence-electron chi connectivity index (χ3n) is 3.06. The van der Waals surface area contributed by atoms with Crippen molar-refractivity contribution >= 4 is 0 Å². The third kappa shape index (κ3) is 3.67. The van der Waals surface area contributed by atoms with Gasteiger partial charge in [0.15, 0.2) is 0 Å². The molecule has 0 bridgehead atoms. The highest BCUT2D eigenvalue weighted by Gasteiger charge is 1.97. The van der Waals surface area contributed by atoms with Crippen LogP contribution in [-0.4, -0.2) is 6.54 Å². The van der Waals surface area contributed by atoms with Crippen LogP contribution in [0.1, 0.15) is 16.7 Å². The van der Waals surface area contributed by atoms with Gasteiger partial charge in [0.25, 0.3) is 0 Å². The van der Waals surface area contributed by atoms with E-state index in [2.05, 4.69) is 30.4 Å². The second kappa shape index (κ2) is 6.31. The van der Waals surface area contributed by atoms with E-state index >= 15 is 0 Å². The second-order valence-electron chi connectivity index (χ2n) is 4.48. The maximum atomic E-state index is 13.0. The molecule has 0 spiro atoms. The lowest BCUT2D eigenvalue weighted by molar-refractivity contribution is 0.622. The van der Waals surface area contributed by atoms with E-state index in [1.54, 1.807) is 12.1 Å². The lowest BCUT2D eigenvalue weighted by Gasteiger charge is -2.07. The van der Waals surface area contributed by atoms with Gasteiger partial charge >= 0.3 is 0 Å². The number of hydrogen-bond acceptors (Lipinski definition) is 1. The summed E-state index contributed by atoms with van der Waals surface area (Å²) in [6, 6.07) is 15.1. The first-order valence-corrected chi connectivity index (χ1v) is 6.25. The number of aryl methyl sites for hydroxylation is 1. The highest BCUT2D eigenvalue weighted by Crippen LogP contribution is 2.07. The zero-order valence-electron chi connectivity index (χ0n) is 10.6. The Bertz CT molecular complexity index is 508. The molecule has 0 saturated carbocycles.